The largest absolute Gasteiger partial charge is 0.493 e. The molecule has 2 atom stereocenters. The maximum Gasteiger partial charge on any atom is 0.161 e. The maximum absolute atomic E-state index is 5.68. The summed E-state index contributed by atoms with van der Waals surface area (Å²) in [5, 5.41) is 3.51. The fourth-order valence-electron chi connectivity index (χ4n) is 2.40. The van der Waals surface area contributed by atoms with Crippen LogP contribution in [-0.4, -0.2) is 33.0 Å². The fraction of sp³-hybridized carbons (Fsp3) is 0.600. The van der Waals surface area contributed by atoms with E-state index in [0.29, 0.717) is 12.1 Å². The van der Waals surface area contributed by atoms with Gasteiger partial charge in [-0.3, -0.25) is 0 Å². The molecule has 19 heavy (non-hydrogen) atoms. The van der Waals surface area contributed by atoms with Gasteiger partial charge in [-0.05, 0) is 37.5 Å². The van der Waals surface area contributed by atoms with Crippen molar-refractivity contribution in [3.05, 3.63) is 23.8 Å². The van der Waals surface area contributed by atoms with E-state index in [1.165, 1.54) is 12.0 Å². The first-order valence-corrected chi connectivity index (χ1v) is 6.80. The summed E-state index contributed by atoms with van der Waals surface area (Å²) in [5.41, 5.74) is 1.18. The quantitative estimate of drug-likeness (QED) is 0.857. The molecule has 1 heterocycles. The van der Waals surface area contributed by atoms with Crippen LogP contribution < -0.4 is 14.8 Å². The van der Waals surface area contributed by atoms with Gasteiger partial charge in [-0.2, -0.15) is 0 Å². The van der Waals surface area contributed by atoms with Crippen LogP contribution in [0.3, 0.4) is 0 Å². The lowest BCUT2D eigenvalue weighted by Gasteiger charge is -2.20. The SMILES string of the molecule is COc1ccc(CN[C@@H](C)[C@@H]2CCCO2)cc1OC. The lowest BCUT2D eigenvalue weighted by atomic mass is 10.1. The van der Waals surface area contributed by atoms with Gasteiger partial charge >= 0.3 is 0 Å². The normalized spacial score (nSPS) is 20.3. The molecule has 2 rings (SSSR count). The first-order valence-electron chi connectivity index (χ1n) is 6.80. The van der Waals surface area contributed by atoms with E-state index in [1.54, 1.807) is 14.2 Å². The molecule has 1 aromatic rings. The molecular formula is C15H23NO3. The summed E-state index contributed by atoms with van der Waals surface area (Å²) in [4.78, 5) is 0. The average Bonchev–Trinajstić information content (AvgIpc) is 2.98. The minimum atomic E-state index is 0.347. The van der Waals surface area contributed by atoms with Gasteiger partial charge < -0.3 is 19.5 Å². The van der Waals surface area contributed by atoms with E-state index in [-0.39, 0.29) is 0 Å². The van der Waals surface area contributed by atoms with Crippen molar-refractivity contribution in [2.45, 2.75) is 38.5 Å². The smallest absolute Gasteiger partial charge is 0.161 e. The number of benzene rings is 1. The Morgan fingerprint density at radius 2 is 2.11 bits per heavy atom. The topological polar surface area (TPSA) is 39.7 Å². The fourth-order valence-corrected chi connectivity index (χ4v) is 2.40. The summed E-state index contributed by atoms with van der Waals surface area (Å²) in [6.45, 7) is 3.88. The lowest BCUT2D eigenvalue weighted by molar-refractivity contribution is 0.0832. The van der Waals surface area contributed by atoms with E-state index in [9.17, 15) is 0 Å². The van der Waals surface area contributed by atoms with Gasteiger partial charge in [0.1, 0.15) is 0 Å². The van der Waals surface area contributed by atoms with Gasteiger partial charge in [0, 0.05) is 19.2 Å². The molecule has 0 spiro atoms. The minimum Gasteiger partial charge on any atom is -0.493 e. The lowest BCUT2D eigenvalue weighted by Crippen LogP contribution is -2.36. The van der Waals surface area contributed by atoms with Crippen molar-refractivity contribution in [3.63, 3.8) is 0 Å². The van der Waals surface area contributed by atoms with Gasteiger partial charge in [-0.25, -0.2) is 0 Å². The highest BCUT2D eigenvalue weighted by Crippen LogP contribution is 2.27. The second-order valence-corrected chi connectivity index (χ2v) is 4.91. The Labute approximate surface area is 115 Å². The Kier molecular flexibility index (Phi) is 5.05. The molecule has 4 heteroatoms. The Morgan fingerprint density at radius 3 is 2.74 bits per heavy atom. The zero-order valence-electron chi connectivity index (χ0n) is 11.9. The molecule has 1 N–H and O–H groups in total. The Morgan fingerprint density at radius 1 is 1.32 bits per heavy atom. The first-order chi connectivity index (χ1) is 9.24. The van der Waals surface area contributed by atoms with Gasteiger partial charge in [0.15, 0.2) is 11.5 Å². The predicted molar refractivity (Wildman–Crippen MR) is 74.8 cm³/mol. The number of hydrogen-bond acceptors (Lipinski definition) is 4. The molecule has 0 bridgehead atoms. The third kappa shape index (κ3) is 3.61. The van der Waals surface area contributed by atoms with E-state index in [4.69, 9.17) is 14.2 Å². The van der Waals surface area contributed by atoms with Crippen molar-refractivity contribution >= 4 is 0 Å². The van der Waals surface area contributed by atoms with Crippen LogP contribution in [0.25, 0.3) is 0 Å². The van der Waals surface area contributed by atoms with E-state index in [2.05, 4.69) is 18.3 Å². The molecule has 1 saturated heterocycles. The summed E-state index contributed by atoms with van der Waals surface area (Å²) in [5.74, 6) is 1.53. The van der Waals surface area contributed by atoms with Crippen molar-refractivity contribution < 1.29 is 14.2 Å². The van der Waals surface area contributed by atoms with E-state index in [1.807, 2.05) is 12.1 Å². The van der Waals surface area contributed by atoms with Crippen LogP contribution in [0.5, 0.6) is 11.5 Å². The molecule has 4 nitrogen and oxygen atoms in total. The molecule has 0 amide bonds. The van der Waals surface area contributed by atoms with Crippen molar-refractivity contribution in [2.24, 2.45) is 0 Å². The third-order valence-electron chi connectivity index (χ3n) is 3.60. The second kappa shape index (κ2) is 6.78. The van der Waals surface area contributed by atoms with Crippen molar-refractivity contribution in [3.8, 4) is 11.5 Å². The van der Waals surface area contributed by atoms with Crippen molar-refractivity contribution in [1.29, 1.82) is 0 Å². The number of nitrogens with one attached hydrogen (secondary N) is 1. The predicted octanol–water partition coefficient (Wildman–Crippen LogP) is 2.36. The van der Waals surface area contributed by atoms with Crippen molar-refractivity contribution in [2.75, 3.05) is 20.8 Å². The highest BCUT2D eigenvalue weighted by atomic mass is 16.5. The molecule has 0 unspecified atom stereocenters. The van der Waals surface area contributed by atoms with Crippen LogP contribution in [0.15, 0.2) is 18.2 Å². The zero-order chi connectivity index (χ0) is 13.7. The first kappa shape index (κ1) is 14.2. The Balaban J connectivity index is 1.91. The summed E-state index contributed by atoms with van der Waals surface area (Å²) in [6.07, 6.45) is 2.67. The molecule has 0 radical (unpaired) electrons. The Hall–Kier alpha value is -1.26. The number of methoxy groups -OCH3 is 2. The number of ether oxygens (including phenoxy) is 3. The molecule has 1 aliphatic heterocycles. The maximum atomic E-state index is 5.68. The van der Waals surface area contributed by atoms with Gasteiger partial charge in [0.25, 0.3) is 0 Å². The van der Waals surface area contributed by atoms with E-state index in [0.717, 1.165) is 31.1 Å². The monoisotopic (exact) mass is 265 g/mol. The molecule has 1 aromatic carbocycles. The standard InChI is InChI=1S/C15H23NO3/c1-11(13-5-4-8-19-13)16-10-12-6-7-14(17-2)15(9-12)18-3/h6-7,9,11,13,16H,4-5,8,10H2,1-3H3/t11-,13-/m0/s1. The summed E-state index contributed by atoms with van der Waals surface area (Å²) in [6, 6.07) is 6.37. The van der Waals surface area contributed by atoms with Gasteiger partial charge in [0.05, 0.1) is 20.3 Å². The minimum absolute atomic E-state index is 0.347. The van der Waals surface area contributed by atoms with Crippen LogP contribution in [0, 0.1) is 0 Å². The van der Waals surface area contributed by atoms with Crippen LogP contribution in [0.1, 0.15) is 25.3 Å². The van der Waals surface area contributed by atoms with E-state index < -0.39 is 0 Å². The second-order valence-electron chi connectivity index (χ2n) is 4.91. The summed E-state index contributed by atoms with van der Waals surface area (Å²) < 4.78 is 16.2. The zero-order valence-corrected chi connectivity index (χ0v) is 11.9. The average molecular weight is 265 g/mol. The van der Waals surface area contributed by atoms with Crippen molar-refractivity contribution in [1.82, 2.24) is 5.32 Å². The van der Waals surface area contributed by atoms with Gasteiger partial charge in [-0.15, -0.1) is 0 Å². The highest BCUT2D eigenvalue weighted by molar-refractivity contribution is 5.42. The molecule has 0 aliphatic carbocycles. The number of rotatable bonds is 6. The molecular weight excluding hydrogens is 242 g/mol. The van der Waals surface area contributed by atoms with Crippen LogP contribution >= 0.6 is 0 Å². The molecule has 1 fully saturated rings. The Bertz CT molecular complexity index is 402. The van der Waals surface area contributed by atoms with E-state index >= 15 is 0 Å². The third-order valence-corrected chi connectivity index (χ3v) is 3.60. The highest BCUT2D eigenvalue weighted by Gasteiger charge is 2.21. The van der Waals surface area contributed by atoms with Gasteiger partial charge in [0.2, 0.25) is 0 Å². The molecule has 0 aromatic heterocycles. The van der Waals surface area contributed by atoms with Crippen LogP contribution in [-0.2, 0) is 11.3 Å². The van der Waals surface area contributed by atoms with Crippen LogP contribution in [0.2, 0.25) is 0 Å². The summed E-state index contributed by atoms with van der Waals surface area (Å²) in [7, 11) is 3.30. The molecule has 0 saturated carbocycles. The molecule has 1 aliphatic rings. The van der Waals surface area contributed by atoms with Gasteiger partial charge in [-0.1, -0.05) is 6.07 Å². The number of hydrogen-bond donors (Lipinski definition) is 1. The molecule has 106 valence electrons. The summed E-state index contributed by atoms with van der Waals surface area (Å²) >= 11 is 0. The van der Waals surface area contributed by atoms with Crippen LogP contribution in [0.4, 0.5) is 0 Å².